The Kier molecular flexibility index (Phi) is 13.4. The van der Waals surface area contributed by atoms with E-state index in [1.807, 2.05) is 0 Å². The number of thioether (sulfide) groups is 1. The van der Waals surface area contributed by atoms with Crippen LogP contribution in [-0.2, 0) is 16.1 Å². The zero-order valence-electron chi connectivity index (χ0n) is 18.6. The van der Waals surface area contributed by atoms with Gasteiger partial charge in [0, 0.05) is 38.6 Å². The van der Waals surface area contributed by atoms with Gasteiger partial charge in [-0.1, -0.05) is 12.1 Å². The molecule has 0 saturated carbocycles. The number of aryl methyl sites for hydroxylation is 1. The predicted molar refractivity (Wildman–Crippen MR) is 136 cm³/mol. The number of carbonyl (C=O) groups is 1. The van der Waals surface area contributed by atoms with Crippen molar-refractivity contribution in [1.82, 2.24) is 20.4 Å². The minimum atomic E-state index is 0. The molecule has 1 aliphatic rings. The molecule has 170 valence electrons. The third-order valence-corrected chi connectivity index (χ3v) is 5.62. The summed E-state index contributed by atoms with van der Waals surface area (Å²) in [6.45, 7) is 8.39. The molecule has 0 aliphatic carbocycles. The number of amides is 1. The van der Waals surface area contributed by atoms with Crippen molar-refractivity contribution >= 4 is 47.6 Å². The number of hydrogen-bond donors (Lipinski definition) is 2. The number of aliphatic imine (C=N–C) groups is 1. The third-order valence-electron chi connectivity index (χ3n) is 4.80. The molecular weight excluding hydrogens is 513 g/mol. The molecule has 0 spiro atoms. The first-order chi connectivity index (χ1) is 14.0. The van der Waals surface area contributed by atoms with E-state index in [9.17, 15) is 4.79 Å². The Morgan fingerprint density at radius 1 is 1.27 bits per heavy atom. The van der Waals surface area contributed by atoms with E-state index in [-0.39, 0.29) is 36.4 Å². The van der Waals surface area contributed by atoms with Gasteiger partial charge in [0.2, 0.25) is 5.91 Å². The van der Waals surface area contributed by atoms with Crippen LogP contribution in [0.15, 0.2) is 28.1 Å². The average molecular weight is 550 g/mol. The van der Waals surface area contributed by atoms with Crippen LogP contribution in [-0.4, -0.2) is 88.0 Å². The summed E-state index contributed by atoms with van der Waals surface area (Å²) in [7, 11) is 3.52. The van der Waals surface area contributed by atoms with E-state index in [1.54, 1.807) is 30.8 Å². The SMILES string of the molecule is CSc1cc(C)ccc1CN=C(NCCCN1CCOCC1)NCC(=O)N(C)C.I. The molecule has 0 radical (unpaired) electrons. The normalized spacial score (nSPS) is 14.7. The van der Waals surface area contributed by atoms with Crippen molar-refractivity contribution in [3.8, 4) is 0 Å². The molecule has 1 aromatic rings. The number of guanidine groups is 1. The van der Waals surface area contributed by atoms with Gasteiger partial charge in [0.15, 0.2) is 5.96 Å². The number of nitrogens with one attached hydrogen (secondary N) is 2. The van der Waals surface area contributed by atoms with Crippen LogP contribution in [0, 0.1) is 6.92 Å². The fourth-order valence-corrected chi connectivity index (χ4v) is 3.67. The highest BCUT2D eigenvalue weighted by Gasteiger charge is 2.10. The molecule has 0 aromatic heterocycles. The molecule has 2 rings (SSSR count). The number of benzene rings is 1. The molecule has 7 nitrogen and oxygen atoms in total. The number of nitrogens with zero attached hydrogens (tertiary/aromatic N) is 3. The highest BCUT2D eigenvalue weighted by Crippen LogP contribution is 2.22. The summed E-state index contributed by atoms with van der Waals surface area (Å²) in [4.78, 5) is 21.9. The molecule has 0 bridgehead atoms. The van der Waals surface area contributed by atoms with Crippen LogP contribution in [0.25, 0.3) is 0 Å². The summed E-state index contributed by atoms with van der Waals surface area (Å²) in [6, 6.07) is 6.43. The second kappa shape index (κ2) is 14.9. The summed E-state index contributed by atoms with van der Waals surface area (Å²) in [5.74, 6) is 0.697. The van der Waals surface area contributed by atoms with Crippen LogP contribution in [0.3, 0.4) is 0 Å². The smallest absolute Gasteiger partial charge is 0.241 e. The summed E-state index contributed by atoms with van der Waals surface area (Å²) in [5, 5.41) is 6.54. The second-order valence-corrected chi connectivity index (χ2v) is 8.20. The molecule has 9 heteroatoms. The molecule has 1 fully saturated rings. The standard InChI is InChI=1S/C21H35N5O2S.HI/c1-17-6-7-18(19(14-17)29-4)15-23-21(24-16-20(27)25(2)3)22-8-5-9-26-10-12-28-13-11-26;/h6-7,14H,5,8-13,15-16H2,1-4H3,(H2,22,23,24);1H. The lowest BCUT2D eigenvalue weighted by Gasteiger charge is -2.26. The maximum absolute atomic E-state index is 12.0. The molecule has 1 aliphatic heterocycles. The Balaban J connectivity index is 0.00000450. The number of ether oxygens (including phenoxy) is 1. The van der Waals surface area contributed by atoms with Crippen LogP contribution in [0.2, 0.25) is 0 Å². The van der Waals surface area contributed by atoms with Gasteiger partial charge < -0.3 is 20.3 Å². The Labute approximate surface area is 202 Å². The van der Waals surface area contributed by atoms with E-state index in [0.29, 0.717) is 12.5 Å². The van der Waals surface area contributed by atoms with E-state index in [1.165, 1.54) is 16.0 Å². The van der Waals surface area contributed by atoms with E-state index >= 15 is 0 Å². The maximum atomic E-state index is 12.0. The monoisotopic (exact) mass is 549 g/mol. The molecule has 1 saturated heterocycles. The Bertz CT molecular complexity index is 681. The number of hydrogen-bond acceptors (Lipinski definition) is 5. The van der Waals surface area contributed by atoms with Gasteiger partial charge in [-0.2, -0.15) is 0 Å². The van der Waals surface area contributed by atoms with Crippen LogP contribution in [0.4, 0.5) is 0 Å². The molecule has 0 unspecified atom stereocenters. The summed E-state index contributed by atoms with van der Waals surface area (Å²) in [5.41, 5.74) is 2.44. The van der Waals surface area contributed by atoms with Crippen LogP contribution < -0.4 is 10.6 Å². The van der Waals surface area contributed by atoms with Crippen molar-refractivity contribution < 1.29 is 9.53 Å². The fraction of sp³-hybridized carbons (Fsp3) is 0.619. The predicted octanol–water partition coefficient (Wildman–Crippen LogP) is 2.18. The van der Waals surface area contributed by atoms with E-state index < -0.39 is 0 Å². The number of rotatable bonds is 9. The van der Waals surface area contributed by atoms with Crippen molar-refractivity contribution in [2.45, 2.75) is 24.8 Å². The molecule has 1 amide bonds. The lowest BCUT2D eigenvalue weighted by Crippen LogP contribution is -2.44. The van der Waals surface area contributed by atoms with Gasteiger partial charge in [0.1, 0.15) is 0 Å². The van der Waals surface area contributed by atoms with Crippen molar-refractivity contribution in [2.75, 3.05) is 66.3 Å². The van der Waals surface area contributed by atoms with Crippen molar-refractivity contribution in [3.05, 3.63) is 29.3 Å². The lowest BCUT2D eigenvalue weighted by molar-refractivity contribution is -0.127. The van der Waals surface area contributed by atoms with Gasteiger partial charge in [-0.25, -0.2) is 4.99 Å². The molecule has 2 N–H and O–H groups in total. The van der Waals surface area contributed by atoms with E-state index in [4.69, 9.17) is 9.73 Å². The molecule has 0 atom stereocenters. The van der Waals surface area contributed by atoms with Gasteiger partial charge in [0.05, 0.1) is 26.3 Å². The largest absolute Gasteiger partial charge is 0.379 e. The highest BCUT2D eigenvalue weighted by atomic mass is 127. The van der Waals surface area contributed by atoms with Crippen molar-refractivity contribution in [2.24, 2.45) is 4.99 Å². The summed E-state index contributed by atoms with van der Waals surface area (Å²) >= 11 is 1.73. The Hall–Kier alpha value is -1.04. The van der Waals surface area contributed by atoms with Crippen LogP contribution in [0.1, 0.15) is 17.5 Å². The molecule has 1 heterocycles. The van der Waals surface area contributed by atoms with Gasteiger partial charge in [-0.05, 0) is 43.3 Å². The van der Waals surface area contributed by atoms with Crippen molar-refractivity contribution in [3.63, 3.8) is 0 Å². The molecular formula is C21H36IN5O2S. The average Bonchev–Trinajstić information content (AvgIpc) is 2.73. The van der Waals surface area contributed by atoms with Gasteiger partial charge in [-0.15, -0.1) is 35.7 Å². The number of carbonyl (C=O) groups excluding carboxylic acids is 1. The third kappa shape index (κ3) is 9.84. The first-order valence-corrected chi connectivity index (χ1v) is 11.4. The highest BCUT2D eigenvalue weighted by molar-refractivity contribution is 14.0. The maximum Gasteiger partial charge on any atom is 0.241 e. The number of likely N-dealkylation sites (N-methyl/N-ethyl adjacent to an activating group) is 1. The topological polar surface area (TPSA) is 69.2 Å². The zero-order chi connectivity index (χ0) is 21.1. The Morgan fingerprint density at radius 2 is 2.00 bits per heavy atom. The van der Waals surface area contributed by atoms with Crippen LogP contribution in [0.5, 0.6) is 0 Å². The van der Waals surface area contributed by atoms with Crippen LogP contribution >= 0.6 is 35.7 Å². The first-order valence-electron chi connectivity index (χ1n) is 10.2. The van der Waals surface area contributed by atoms with Gasteiger partial charge >= 0.3 is 0 Å². The number of morpholine rings is 1. The summed E-state index contributed by atoms with van der Waals surface area (Å²) in [6.07, 6.45) is 3.10. The quantitative estimate of drug-likeness (QED) is 0.162. The minimum absolute atomic E-state index is 0. The van der Waals surface area contributed by atoms with Gasteiger partial charge in [-0.3, -0.25) is 9.69 Å². The number of halogens is 1. The van der Waals surface area contributed by atoms with E-state index in [2.05, 4.69) is 46.9 Å². The fourth-order valence-electron chi connectivity index (χ4n) is 2.97. The first kappa shape index (κ1) is 27.0. The van der Waals surface area contributed by atoms with Gasteiger partial charge in [0.25, 0.3) is 0 Å². The molecule has 1 aromatic carbocycles. The lowest BCUT2D eigenvalue weighted by atomic mass is 10.1. The second-order valence-electron chi connectivity index (χ2n) is 7.36. The van der Waals surface area contributed by atoms with Crippen molar-refractivity contribution in [1.29, 1.82) is 0 Å². The minimum Gasteiger partial charge on any atom is -0.379 e. The zero-order valence-corrected chi connectivity index (χ0v) is 21.7. The van der Waals surface area contributed by atoms with E-state index in [0.717, 1.165) is 45.8 Å². The Morgan fingerprint density at radius 3 is 2.67 bits per heavy atom. The summed E-state index contributed by atoms with van der Waals surface area (Å²) < 4.78 is 5.39. The molecule has 30 heavy (non-hydrogen) atoms.